The molecule has 0 amide bonds. The van der Waals surface area contributed by atoms with E-state index in [-0.39, 0.29) is 6.10 Å². The zero-order valence-electron chi connectivity index (χ0n) is 8.99. The normalized spacial score (nSPS) is 38.8. The van der Waals surface area contributed by atoms with Gasteiger partial charge in [-0.05, 0) is 13.8 Å². The van der Waals surface area contributed by atoms with E-state index in [2.05, 4.69) is 24.1 Å². The SMILES string of the molecule is CC1(C)CN(C2CNCC2O)CCS1. The van der Waals surface area contributed by atoms with E-state index in [0.717, 1.165) is 26.2 Å². The molecule has 2 N–H and O–H groups in total. The highest BCUT2D eigenvalue weighted by Gasteiger charge is 2.36. The van der Waals surface area contributed by atoms with Crippen LogP contribution in [0.4, 0.5) is 0 Å². The maximum atomic E-state index is 9.80. The summed E-state index contributed by atoms with van der Waals surface area (Å²) in [5.74, 6) is 1.19. The molecular weight excluding hydrogens is 196 g/mol. The summed E-state index contributed by atoms with van der Waals surface area (Å²) < 4.78 is 0.348. The van der Waals surface area contributed by atoms with Gasteiger partial charge in [-0.2, -0.15) is 11.8 Å². The Balaban J connectivity index is 1.97. The van der Waals surface area contributed by atoms with E-state index < -0.39 is 0 Å². The van der Waals surface area contributed by atoms with Crippen LogP contribution in [-0.4, -0.2) is 58.8 Å². The van der Waals surface area contributed by atoms with Crippen LogP contribution in [0, 0.1) is 0 Å². The maximum absolute atomic E-state index is 9.80. The smallest absolute Gasteiger partial charge is 0.0831 e. The number of aliphatic hydroxyl groups is 1. The molecule has 2 rings (SSSR count). The third-order valence-corrected chi connectivity index (χ3v) is 4.37. The molecule has 4 heteroatoms. The van der Waals surface area contributed by atoms with E-state index in [1.54, 1.807) is 0 Å². The number of nitrogens with one attached hydrogen (secondary N) is 1. The van der Waals surface area contributed by atoms with Crippen molar-refractivity contribution >= 4 is 11.8 Å². The number of hydrogen-bond acceptors (Lipinski definition) is 4. The van der Waals surface area contributed by atoms with E-state index in [0.29, 0.717) is 10.8 Å². The Labute approximate surface area is 90.2 Å². The van der Waals surface area contributed by atoms with Gasteiger partial charge in [-0.25, -0.2) is 0 Å². The number of thioether (sulfide) groups is 1. The van der Waals surface area contributed by atoms with Crippen LogP contribution in [0.15, 0.2) is 0 Å². The van der Waals surface area contributed by atoms with Crippen LogP contribution >= 0.6 is 11.8 Å². The van der Waals surface area contributed by atoms with E-state index in [9.17, 15) is 5.11 Å². The summed E-state index contributed by atoms with van der Waals surface area (Å²) in [4.78, 5) is 2.45. The highest BCUT2D eigenvalue weighted by Crippen LogP contribution is 2.31. The van der Waals surface area contributed by atoms with E-state index in [1.807, 2.05) is 11.8 Å². The molecule has 0 spiro atoms. The molecule has 2 aliphatic heterocycles. The van der Waals surface area contributed by atoms with Crippen molar-refractivity contribution in [2.75, 3.05) is 31.9 Å². The van der Waals surface area contributed by atoms with Crippen molar-refractivity contribution in [1.29, 1.82) is 0 Å². The molecule has 0 bridgehead atoms. The maximum Gasteiger partial charge on any atom is 0.0831 e. The molecule has 82 valence electrons. The number of rotatable bonds is 1. The Bertz CT molecular complexity index is 210. The first-order chi connectivity index (χ1) is 6.58. The highest BCUT2D eigenvalue weighted by molar-refractivity contribution is 8.00. The Morgan fingerprint density at radius 1 is 1.43 bits per heavy atom. The van der Waals surface area contributed by atoms with Gasteiger partial charge in [-0.1, -0.05) is 0 Å². The molecule has 14 heavy (non-hydrogen) atoms. The van der Waals surface area contributed by atoms with Gasteiger partial charge in [0.15, 0.2) is 0 Å². The first-order valence-electron chi connectivity index (χ1n) is 5.35. The monoisotopic (exact) mass is 216 g/mol. The molecule has 2 atom stereocenters. The Morgan fingerprint density at radius 2 is 2.21 bits per heavy atom. The van der Waals surface area contributed by atoms with E-state index in [1.165, 1.54) is 5.75 Å². The predicted octanol–water partition coefficient (Wildman–Crippen LogP) is 0.147. The fourth-order valence-electron chi connectivity index (χ4n) is 2.36. The van der Waals surface area contributed by atoms with Crippen LogP contribution in [0.2, 0.25) is 0 Å². The molecule has 2 unspecified atom stereocenters. The number of hydrogen-bond donors (Lipinski definition) is 2. The zero-order chi connectivity index (χ0) is 10.2. The lowest BCUT2D eigenvalue weighted by Crippen LogP contribution is -2.52. The summed E-state index contributed by atoms with van der Waals surface area (Å²) in [6.45, 7) is 8.51. The van der Waals surface area contributed by atoms with Crippen molar-refractivity contribution in [1.82, 2.24) is 10.2 Å². The first-order valence-corrected chi connectivity index (χ1v) is 6.34. The van der Waals surface area contributed by atoms with Crippen LogP contribution in [0.3, 0.4) is 0 Å². The lowest BCUT2D eigenvalue weighted by atomic mass is 10.1. The van der Waals surface area contributed by atoms with Crippen molar-refractivity contribution in [3.63, 3.8) is 0 Å². The standard InChI is InChI=1S/C10H20N2OS/c1-10(2)7-12(3-4-14-10)8-5-11-6-9(8)13/h8-9,11,13H,3-7H2,1-2H3. The summed E-state index contributed by atoms with van der Waals surface area (Å²) in [6.07, 6.45) is -0.172. The third-order valence-electron chi connectivity index (χ3n) is 3.08. The fraction of sp³-hybridized carbons (Fsp3) is 1.00. The van der Waals surface area contributed by atoms with Gasteiger partial charge in [0.25, 0.3) is 0 Å². The van der Waals surface area contributed by atoms with Crippen LogP contribution in [0.1, 0.15) is 13.8 Å². The van der Waals surface area contributed by atoms with Crippen LogP contribution in [0.25, 0.3) is 0 Å². The summed E-state index contributed by atoms with van der Waals surface area (Å²) in [7, 11) is 0. The minimum absolute atomic E-state index is 0.172. The van der Waals surface area contributed by atoms with Crippen molar-refractivity contribution in [3.05, 3.63) is 0 Å². The first kappa shape index (κ1) is 10.7. The van der Waals surface area contributed by atoms with Crippen LogP contribution in [0.5, 0.6) is 0 Å². The second kappa shape index (κ2) is 4.00. The Kier molecular flexibility index (Phi) is 3.07. The predicted molar refractivity (Wildman–Crippen MR) is 60.8 cm³/mol. The molecule has 0 radical (unpaired) electrons. The van der Waals surface area contributed by atoms with E-state index in [4.69, 9.17) is 0 Å². The minimum atomic E-state index is -0.172. The topological polar surface area (TPSA) is 35.5 Å². The zero-order valence-corrected chi connectivity index (χ0v) is 9.81. The van der Waals surface area contributed by atoms with Crippen LogP contribution < -0.4 is 5.32 Å². The number of aliphatic hydroxyl groups excluding tert-OH is 1. The molecule has 2 aliphatic rings. The molecule has 2 saturated heterocycles. The molecule has 3 nitrogen and oxygen atoms in total. The van der Waals surface area contributed by atoms with Crippen molar-refractivity contribution < 1.29 is 5.11 Å². The summed E-state index contributed by atoms with van der Waals surface area (Å²) in [6, 6.07) is 0.343. The second-order valence-electron chi connectivity index (χ2n) is 4.87. The molecule has 2 heterocycles. The summed E-state index contributed by atoms with van der Waals surface area (Å²) in [5.41, 5.74) is 0. The quantitative estimate of drug-likeness (QED) is 0.654. The lowest BCUT2D eigenvalue weighted by molar-refractivity contribution is 0.0800. The van der Waals surface area contributed by atoms with Gasteiger partial charge in [0, 0.05) is 42.7 Å². The fourth-order valence-corrected chi connectivity index (χ4v) is 3.50. The molecule has 0 aromatic carbocycles. The molecule has 0 aliphatic carbocycles. The van der Waals surface area contributed by atoms with Gasteiger partial charge in [0.05, 0.1) is 6.10 Å². The average Bonchev–Trinajstić information content (AvgIpc) is 2.49. The molecule has 2 fully saturated rings. The van der Waals surface area contributed by atoms with Crippen molar-refractivity contribution in [2.45, 2.75) is 30.7 Å². The van der Waals surface area contributed by atoms with Crippen molar-refractivity contribution in [2.24, 2.45) is 0 Å². The highest BCUT2D eigenvalue weighted by atomic mass is 32.2. The van der Waals surface area contributed by atoms with Gasteiger partial charge in [0.1, 0.15) is 0 Å². The van der Waals surface area contributed by atoms with Gasteiger partial charge in [-0.15, -0.1) is 0 Å². The largest absolute Gasteiger partial charge is 0.390 e. The van der Waals surface area contributed by atoms with Gasteiger partial charge >= 0.3 is 0 Å². The molecular formula is C10H20N2OS. The van der Waals surface area contributed by atoms with Gasteiger partial charge in [-0.3, -0.25) is 4.90 Å². The summed E-state index contributed by atoms with van der Waals surface area (Å²) in [5, 5.41) is 13.0. The van der Waals surface area contributed by atoms with E-state index >= 15 is 0 Å². The molecule has 0 saturated carbocycles. The Morgan fingerprint density at radius 3 is 2.79 bits per heavy atom. The third kappa shape index (κ3) is 2.24. The number of nitrogens with zero attached hydrogens (tertiary/aromatic N) is 1. The van der Waals surface area contributed by atoms with Crippen LogP contribution in [-0.2, 0) is 0 Å². The number of β-amino-alcohol motifs (C(OH)–C–C–N with tert-alkyl or cyclic N) is 1. The molecule has 0 aromatic heterocycles. The van der Waals surface area contributed by atoms with Gasteiger partial charge < -0.3 is 10.4 Å². The average molecular weight is 216 g/mol. The lowest BCUT2D eigenvalue weighted by Gasteiger charge is -2.41. The second-order valence-corrected chi connectivity index (χ2v) is 6.67. The molecule has 0 aromatic rings. The van der Waals surface area contributed by atoms with Crippen molar-refractivity contribution in [3.8, 4) is 0 Å². The van der Waals surface area contributed by atoms with Gasteiger partial charge in [0.2, 0.25) is 0 Å². The minimum Gasteiger partial charge on any atom is -0.390 e. The summed E-state index contributed by atoms with van der Waals surface area (Å²) >= 11 is 2.04. The Hall–Kier alpha value is 0.230.